The summed E-state index contributed by atoms with van der Waals surface area (Å²) >= 11 is 0. The van der Waals surface area contributed by atoms with Gasteiger partial charge < -0.3 is 9.88 Å². The highest BCUT2D eigenvalue weighted by molar-refractivity contribution is 5.86. The van der Waals surface area contributed by atoms with Crippen LogP contribution in [0.4, 0.5) is 18.9 Å². The van der Waals surface area contributed by atoms with Gasteiger partial charge in [-0.05, 0) is 37.5 Å². The Morgan fingerprint density at radius 1 is 1.17 bits per heavy atom. The van der Waals surface area contributed by atoms with Gasteiger partial charge >= 0.3 is 6.18 Å². The van der Waals surface area contributed by atoms with E-state index in [2.05, 4.69) is 30.7 Å². The molecule has 1 aromatic carbocycles. The first-order valence-corrected chi connectivity index (χ1v) is 8.16. The lowest BCUT2D eigenvalue weighted by atomic mass is 10.0. The van der Waals surface area contributed by atoms with E-state index in [0.29, 0.717) is 12.0 Å². The molecule has 0 aliphatic carbocycles. The maximum absolute atomic E-state index is 13.3. The molecule has 0 fully saturated rings. The molecular formula is C18H23F3N2O. The van der Waals surface area contributed by atoms with Crippen LogP contribution in [0.5, 0.6) is 0 Å². The molecule has 0 saturated carbocycles. The van der Waals surface area contributed by atoms with Gasteiger partial charge in [-0.15, -0.1) is 0 Å². The minimum Gasteiger partial charge on any atom is -0.369 e. The van der Waals surface area contributed by atoms with Crippen molar-refractivity contribution in [3.8, 4) is 0 Å². The van der Waals surface area contributed by atoms with E-state index in [-0.39, 0.29) is 16.9 Å². The SMILES string of the molecule is CCCN(c1ccc2[nH]c(=O)cc(C(F)(F)F)c2c1)C(C)C(C)C. The molecule has 0 spiro atoms. The highest BCUT2D eigenvalue weighted by atomic mass is 19.4. The van der Waals surface area contributed by atoms with E-state index in [4.69, 9.17) is 0 Å². The average molecular weight is 340 g/mol. The molecule has 0 bridgehead atoms. The fraction of sp³-hybridized carbons (Fsp3) is 0.500. The van der Waals surface area contributed by atoms with Gasteiger partial charge in [0, 0.05) is 35.2 Å². The van der Waals surface area contributed by atoms with Crippen LogP contribution in [0.15, 0.2) is 29.1 Å². The Morgan fingerprint density at radius 2 is 1.83 bits per heavy atom. The molecule has 1 N–H and O–H groups in total. The summed E-state index contributed by atoms with van der Waals surface area (Å²) in [6, 6.07) is 5.67. The van der Waals surface area contributed by atoms with Crippen LogP contribution in [-0.4, -0.2) is 17.6 Å². The summed E-state index contributed by atoms with van der Waals surface area (Å²) in [5.41, 5.74) is -0.699. The van der Waals surface area contributed by atoms with Gasteiger partial charge in [-0.25, -0.2) is 0 Å². The van der Waals surface area contributed by atoms with Gasteiger partial charge in [0.05, 0.1) is 5.56 Å². The number of hydrogen-bond donors (Lipinski definition) is 1. The molecular weight excluding hydrogens is 317 g/mol. The van der Waals surface area contributed by atoms with Crippen LogP contribution in [0.1, 0.15) is 39.7 Å². The lowest BCUT2D eigenvalue weighted by Crippen LogP contribution is -2.37. The van der Waals surface area contributed by atoms with Crippen LogP contribution >= 0.6 is 0 Å². The number of aromatic amines is 1. The molecule has 0 aliphatic heterocycles. The second kappa shape index (κ2) is 6.87. The zero-order valence-corrected chi connectivity index (χ0v) is 14.4. The van der Waals surface area contributed by atoms with Crippen molar-refractivity contribution >= 4 is 16.6 Å². The number of nitrogens with one attached hydrogen (secondary N) is 1. The second-order valence-electron chi connectivity index (χ2n) is 6.45. The number of hydrogen-bond acceptors (Lipinski definition) is 2. The molecule has 1 atom stereocenters. The lowest BCUT2D eigenvalue weighted by Gasteiger charge is -2.34. The molecule has 1 unspecified atom stereocenters. The zero-order chi connectivity index (χ0) is 18.1. The predicted molar refractivity (Wildman–Crippen MR) is 91.5 cm³/mol. The number of fused-ring (bicyclic) bond motifs is 1. The third-order valence-electron chi connectivity index (χ3n) is 4.38. The van der Waals surface area contributed by atoms with Crippen molar-refractivity contribution in [2.45, 2.75) is 46.3 Å². The molecule has 1 aromatic heterocycles. The number of benzene rings is 1. The van der Waals surface area contributed by atoms with Crippen molar-refractivity contribution in [3.05, 3.63) is 40.2 Å². The Balaban J connectivity index is 2.64. The fourth-order valence-corrected chi connectivity index (χ4v) is 2.82. The van der Waals surface area contributed by atoms with E-state index in [1.807, 2.05) is 6.92 Å². The molecule has 0 saturated heterocycles. The van der Waals surface area contributed by atoms with Crippen molar-refractivity contribution in [1.82, 2.24) is 4.98 Å². The molecule has 1 heterocycles. The summed E-state index contributed by atoms with van der Waals surface area (Å²) < 4.78 is 39.9. The molecule has 6 heteroatoms. The van der Waals surface area contributed by atoms with Crippen molar-refractivity contribution in [3.63, 3.8) is 0 Å². The van der Waals surface area contributed by atoms with Crippen molar-refractivity contribution in [2.24, 2.45) is 5.92 Å². The molecule has 3 nitrogen and oxygen atoms in total. The van der Waals surface area contributed by atoms with Gasteiger partial charge in [0.2, 0.25) is 5.56 Å². The highest BCUT2D eigenvalue weighted by Crippen LogP contribution is 2.35. The van der Waals surface area contributed by atoms with Gasteiger partial charge in [-0.3, -0.25) is 4.79 Å². The highest BCUT2D eigenvalue weighted by Gasteiger charge is 2.33. The summed E-state index contributed by atoms with van der Waals surface area (Å²) in [6.45, 7) is 9.05. The Morgan fingerprint density at radius 3 is 2.38 bits per heavy atom. The smallest absolute Gasteiger partial charge is 0.369 e. The number of nitrogens with zero attached hydrogens (tertiary/aromatic N) is 1. The number of halogens is 3. The number of pyridine rings is 1. The number of H-pyrrole nitrogens is 1. The van der Waals surface area contributed by atoms with E-state index in [0.717, 1.165) is 18.7 Å². The van der Waals surface area contributed by atoms with E-state index in [1.165, 1.54) is 6.07 Å². The molecule has 0 radical (unpaired) electrons. The lowest BCUT2D eigenvalue weighted by molar-refractivity contribution is -0.136. The Bertz CT molecular complexity index is 765. The molecule has 2 rings (SSSR count). The fourth-order valence-electron chi connectivity index (χ4n) is 2.82. The maximum atomic E-state index is 13.3. The summed E-state index contributed by atoms with van der Waals surface area (Å²) in [4.78, 5) is 16.1. The molecule has 2 aromatic rings. The van der Waals surface area contributed by atoms with Crippen LogP contribution in [0.2, 0.25) is 0 Å². The van der Waals surface area contributed by atoms with Gasteiger partial charge in [-0.1, -0.05) is 20.8 Å². The monoisotopic (exact) mass is 340 g/mol. The Hall–Kier alpha value is -1.98. The molecule has 0 amide bonds. The van der Waals surface area contributed by atoms with E-state index < -0.39 is 17.3 Å². The van der Waals surface area contributed by atoms with Gasteiger partial charge in [0.25, 0.3) is 0 Å². The van der Waals surface area contributed by atoms with E-state index in [1.54, 1.807) is 12.1 Å². The maximum Gasteiger partial charge on any atom is 0.417 e. The third kappa shape index (κ3) is 3.74. The van der Waals surface area contributed by atoms with Crippen molar-refractivity contribution < 1.29 is 13.2 Å². The average Bonchev–Trinajstić information content (AvgIpc) is 2.49. The Kier molecular flexibility index (Phi) is 5.26. The summed E-state index contributed by atoms with van der Waals surface area (Å²) in [6.07, 6.45) is -3.67. The number of aromatic nitrogens is 1. The van der Waals surface area contributed by atoms with Crippen LogP contribution in [0.25, 0.3) is 10.9 Å². The first-order chi connectivity index (χ1) is 11.1. The van der Waals surface area contributed by atoms with Crippen LogP contribution in [0.3, 0.4) is 0 Å². The second-order valence-corrected chi connectivity index (χ2v) is 6.45. The van der Waals surface area contributed by atoms with Gasteiger partial charge in [0.1, 0.15) is 0 Å². The first kappa shape index (κ1) is 18.4. The quantitative estimate of drug-likeness (QED) is 0.848. The number of anilines is 1. The topological polar surface area (TPSA) is 36.1 Å². The zero-order valence-electron chi connectivity index (χ0n) is 14.4. The molecule has 132 valence electrons. The first-order valence-electron chi connectivity index (χ1n) is 8.16. The predicted octanol–water partition coefficient (Wildman–Crippen LogP) is 4.81. The van der Waals surface area contributed by atoms with Crippen LogP contribution in [-0.2, 0) is 6.18 Å². The summed E-state index contributed by atoms with van der Waals surface area (Å²) in [5, 5.41) is 0.0247. The number of rotatable bonds is 5. The minimum absolute atomic E-state index is 0.0247. The molecule has 24 heavy (non-hydrogen) atoms. The van der Waals surface area contributed by atoms with E-state index in [9.17, 15) is 18.0 Å². The van der Waals surface area contributed by atoms with Gasteiger partial charge in [-0.2, -0.15) is 13.2 Å². The van der Waals surface area contributed by atoms with Crippen molar-refractivity contribution in [1.29, 1.82) is 0 Å². The molecule has 0 aliphatic rings. The summed E-state index contributed by atoms with van der Waals surface area (Å²) in [5.74, 6) is 0.366. The minimum atomic E-state index is -4.57. The number of alkyl halides is 3. The standard InChI is InChI=1S/C18H23F3N2O/c1-5-8-23(12(4)11(2)3)13-6-7-16-14(9-13)15(18(19,20)21)10-17(24)22-16/h6-7,9-12H,5,8H2,1-4H3,(H,22,24). The van der Waals surface area contributed by atoms with Gasteiger partial charge in [0.15, 0.2) is 0 Å². The summed E-state index contributed by atoms with van der Waals surface area (Å²) in [7, 11) is 0. The van der Waals surface area contributed by atoms with Crippen LogP contribution < -0.4 is 10.5 Å². The van der Waals surface area contributed by atoms with Crippen LogP contribution in [0, 0.1) is 5.92 Å². The van der Waals surface area contributed by atoms with Crippen molar-refractivity contribution in [2.75, 3.05) is 11.4 Å². The normalized spacial score (nSPS) is 13.5. The van der Waals surface area contributed by atoms with E-state index >= 15 is 0 Å². The third-order valence-corrected chi connectivity index (χ3v) is 4.38. The largest absolute Gasteiger partial charge is 0.417 e. The Labute approximate surface area is 139 Å².